The zero-order valence-electron chi connectivity index (χ0n) is 12.0. The Bertz CT molecular complexity index is 469. The van der Waals surface area contributed by atoms with Crippen molar-refractivity contribution in [2.45, 2.75) is 51.6 Å². The lowest BCUT2D eigenvalue weighted by atomic mass is 9.85. The third-order valence-electron chi connectivity index (χ3n) is 4.23. The maximum atomic E-state index is 11.9. The molecule has 0 spiro atoms. The molecule has 1 heterocycles. The van der Waals surface area contributed by atoms with Gasteiger partial charge in [0.2, 0.25) is 0 Å². The quantitative estimate of drug-likeness (QED) is 0.839. The molecule has 106 valence electrons. The second-order valence-corrected chi connectivity index (χ2v) is 5.56. The van der Waals surface area contributed by atoms with Crippen molar-refractivity contribution in [3.05, 3.63) is 17.5 Å². The molecule has 5 heteroatoms. The molecule has 19 heavy (non-hydrogen) atoms. The van der Waals surface area contributed by atoms with Crippen LogP contribution in [0.15, 0.2) is 6.07 Å². The Labute approximate surface area is 114 Å². The van der Waals surface area contributed by atoms with Crippen molar-refractivity contribution in [1.82, 2.24) is 9.78 Å². The first-order chi connectivity index (χ1) is 8.97. The SMILES string of the molecule is COC(=O)C1(N)CCCC1CCn1nc(C)cc1C. The molecule has 2 unspecified atom stereocenters. The van der Waals surface area contributed by atoms with E-state index in [1.807, 2.05) is 18.5 Å². The molecule has 2 atom stereocenters. The standard InChI is InChI=1S/C14H23N3O2/c1-10-9-11(2)17(16-10)8-6-12-5-4-7-14(12,15)13(18)19-3/h9,12H,4-8,15H2,1-3H3. The van der Waals surface area contributed by atoms with Crippen LogP contribution in [-0.4, -0.2) is 28.4 Å². The Hall–Kier alpha value is -1.36. The number of rotatable bonds is 4. The average molecular weight is 265 g/mol. The van der Waals surface area contributed by atoms with E-state index in [-0.39, 0.29) is 11.9 Å². The molecule has 5 nitrogen and oxygen atoms in total. The molecule has 1 aromatic heterocycles. The number of carbonyl (C=O) groups is 1. The van der Waals surface area contributed by atoms with Gasteiger partial charge in [-0.3, -0.25) is 9.48 Å². The van der Waals surface area contributed by atoms with E-state index in [0.717, 1.165) is 43.6 Å². The number of carbonyl (C=O) groups excluding carboxylic acids is 1. The number of aryl methyl sites for hydroxylation is 3. The lowest BCUT2D eigenvalue weighted by molar-refractivity contribution is -0.148. The van der Waals surface area contributed by atoms with Gasteiger partial charge in [0, 0.05) is 12.2 Å². The maximum absolute atomic E-state index is 11.9. The lowest BCUT2D eigenvalue weighted by Crippen LogP contribution is -2.51. The number of esters is 1. The van der Waals surface area contributed by atoms with Gasteiger partial charge in [-0.2, -0.15) is 5.10 Å². The fourth-order valence-electron chi connectivity index (χ4n) is 3.14. The van der Waals surface area contributed by atoms with E-state index < -0.39 is 5.54 Å². The first kappa shape index (κ1) is 14.1. The van der Waals surface area contributed by atoms with Crippen LogP contribution >= 0.6 is 0 Å². The van der Waals surface area contributed by atoms with Crippen LogP contribution in [0.2, 0.25) is 0 Å². The van der Waals surface area contributed by atoms with Gasteiger partial charge in [0.1, 0.15) is 5.54 Å². The summed E-state index contributed by atoms with van der Waals surface area (Å²) in [6, 6.07) is 2.06. The number of hydrogen-bond donors (Lipinski definition) is 1. The van der Waals surface area contributed by atoms with Gasteiger partial charge in [0.25, 0.3) is 0 Å². The third-order valence-corrected chi connectivity index (χ3v) is 4.23. The summed E-state index contributed by atoms with van der Waals surface area (Å²) >= 11 is 0. The molecule has 0 bridgehead atoms. The molecule has 0 amide bonds. The first-order valence-electron chi connectivity index (χ1n) is 6.85. The smallest absolute Gasteiger partial charge is 0.326 e. The molecule has 1 aliphatic carbocycles. The van der Waals surface area contributed by atoms with E-state index >= 15 is 0 Å². The van der Waals surface area contributed by atoms with Crippen molar-refractivity contribution in [1.29, 1.82) is 0 Å². The minimum absolute atomic E-state index is 0.184. The average Bonchev–Trinajstić information content (AvgIpc) is 2.90. The van der Waals surface area contributed by atoms with Crippen molar-refractivity contribution in [2.24, 2.45) is 11.7 Å². The number of nitrogens with zero attached hydrogens (tertiary/aromatic N) is 2. The van der Waals surface area contributed by atoms with Gasteiger partial charge in [0.05, 0.1) is 12.8 Å². The molecular formula is C14H23N3O2. The van der Waals surface area contributed by atoms with Gasteiger partial charge in [-0.05, 0) is 45.1 Å². The summed E-state index contributed by atoms with van der Waals surface area (Å²) in [4.78, 5) is 11.9. The highest BCUT2D eigenvalue weighted by Crippen LogP contribution is 2.37. The number of aromatic nitrogens is 2. The Balaban J connectivity index is 2.02. The predicted molar refractivity (Wildman–Crippen MR) is 72.6 cm³/mol. The van der Waals surface area contributed by atoms with E-state index in [0.29, 0.717) is 0 Å². The van der Waals surface area contributed by atoms with Crippen molar-refractivity contribution < 1.29 is 9.53 Å². The molecular weight excluding hydrogens is 242 g/mol. The van der Waals surface area contributed by atoms with Crippen molar-refractivity contribution >= 4 is 5.97 Å². The predicted octanol–water partition coefficient (Wildman–Crippen LogP) is 1.56. The Morgan fingerprint density at radius 1 is 1.63 bits per heavy atom. The van der Waals surface area contributed by atoms with Crippen LogP contribution in [0.4, 0.5) is 0 Å². The van der Waals surface area contributed by atoms with Gasteiger partial charge < -0.3 is 10.5 Å². The normalized spacial score (nSPS) is 26.6. The van der Waals surface area contributed by atoms with Crippen LogP contribution in [0.1, 0.15) is 37.1 Å². The van der Waals surface area contributed by atoms with Crippen LogP contribution in [0.3, 0.4) is 0 Å². The van der Waals surface area contributed by atoms with E-state index in [1.165, 1.54) is 7.11 Å². The summed E-state index contributed by atoms with van der Waals surface area (Å²) in [7, 11) is 1.41. The fraction of sp³-hybridized carbons (Fsp3) is 0.714. The van der Waals surface area contributed by atoms with Gasteiger partial charge in [-0.1, -0.05) is 6.42 Å². The second-order valence-electron chi connectivity index (χ2n) is 5.56. The number of hydrogen-bond acceptors (Lipinski definition) is 4. The zero-order chi connectivity index (χ0) is 14.0. The molecule has 1 aliphatic rings. The Morgan fingerprint density at radius 3 is 2.95 bits per heavy atom. The molecule has 2 rings (SSSR count). The third kappa shape index (κ3) is 2.66. The molecule has 1 saturated carbocycles. The van der Waals surface area contributed by atoms with Crippen LogP contribution in [0, 0.1) is 19.8 Å². The van der Waals surface area contributed by atoms with E-state index in [2.05, 4.69) is 11.2 Å². The van der Waals surface area contributed by atoms with Crippen LogP contribution < -0.4 is 5.73 Å². The number of methoxy groups -OCH3 is 1. The first-order valence-corrected chi connectivity index (χ1v) is 6.85. The molecule has 0 saturated heterocycles. The Kier molecular flexibility index (Phi) is 3.94. The minimum Gasteiger partial charge on any atom is -0.468 e. The molecule has 1 aromatic rings. The summed E-state index contributed by atoms with van der Waals surface area (Å²) in [5.41, 5.74) is 7.63. The van der Waals surface area contributed by atoms with Crippen LogP contribution in [0.25, 0.3) is 0 Å². The maximum Gasteiger partial charge on any atom is 0.326 e. The van der Waals surface area contributed by atoms with E-state index in [4.69, 9.17) is 10.5 Å². The van der Waals surface area contributed by atoms with Gasteiger partial charge >= 0.3 is 5.97 Å². The second kappa shape index (κ2) is 5.33. The van der Waals surface area contributed by atoms with Crippen molar-refractivity contribution in [2.75, 3.05) is 7.11 Å². The monoisotopic (exact) mass is 265 g/mol. The van der Waals surface area contributed by atoms with Crippen molar-refractivity contribution in [3.8, 4) is 0 Å². The molecule has 1 fully saturated rings. The highest BCUT2D eigenvalue weighted by atomic mass is 16.5. The lowest BCUT2D eigenvalue weighted by Gasteiger charge is -2.28. The van der Waals surface area contributed by atoms with E-state index in [9.17, 15) is 4.79 Å². The zero-order valence-corrected chi connectivity index (χ0v) is 12.0. The minimum atomic E-state index is -0.801. The summed E-state index contributed by atoms with van der Waals surface area (Å²) in [5, 5.41) is 4.44. The Morgan fingerprint density at radius 2 is 2.37 bits per heavy atom. The fourth-order valence-corrected chi connectivity index (χ4v) is 3.14. The van der Waals surface area contributed by atoms with Crippen molar-refractivity contribution in [3.63, 3.8) is 0 Å². The number of ether oxygens (including phenoxy) is 1. The summed E-state index contributed by atoms with van der Waals surface area (Å²) in [6.07, 6.45) is 3.58. The highest BCUT2D eigenvalue weighted by Gasteiger charge is 2.46. The largest absolute Gasteiger partial charge is 0.468 e. The highest BCUT2D eigenvalue weighted by molar-refractivity contribution is 5.81. The number of nitrogens with two attached hydrogens (primary N) is 1. The topological polar surface area (TPSA) is 70.1 Å². The van der Waals surface area contributed by atoms with E-state index in [1.54, 1.807) is 0 Å². The van der Waals surface area contributed by atoms with Gasteiger partial charge in [-0.15, -0.1) is 0 Å². The summed E-state index contributed by atoms with van der Waals surface area (Å²) < 4.78 is 6.85. The molecule has 0 aliphatic heterocycles. The van der Waals surface area contributed by atoms with Crippen LogP contribution in [-0.2, 0) is 16.1 Å². The molecule has 0 radical (unpaired) electrons. The van der Waals surface area contributed by atoms with Crippen LogP contribution in [0.5, 0.6) is 0 Å². The summed E-state index contributed by atoms with van der Waals surface area (Å²) in [6.45, 7) is 4.84. The summed E-state index contributed by atoms with van der Waals surface area (Å²) in [5.74, 6) is -0.0905. The van der Waals surface area contributed by atoms with Gasteiger partial charge in [-0.25, -0.2) is 0 Å². The molecule has 2 N–H and O–H groups in total. The molecule has 0 aromatic carbocycles. The van der Waals surface area contributed by atoms with Gasteiger partial charge in [0.15, 0.2) is 0 Å².